The summed E-state index contributed by atoms with van der Waals surface area (Å²) in [4.78, 5) is 2.78. The molecule has 1 heterocycles. The Labute approximate surface area is 82.3 Å². The zero-order chi connectivity index (χ0) is 8.72. The van der Waals surface area contributed by atoms with Crippen molar-refractivity contribution in [3.05, 3.63) is 27.7 Å². The molecule has 0 bridgehead atoms. The van der Waals surface area contributed by atoms with Crippen molar-refractivity contribution in [1.29, 1.82) is 0 Å². The van der Waals surface area contributed by atoms with Crippen LogP contribution in [-0.4, -0.2) is 10.1 Å². The molecule has 2 aromatic rings. The predicted octanol–water partition coefficient (Wildman–Crippen LogP) is 3.29. The van der Waals surface area contributed by atoms with Crippen LogP contribution in [0.15, 0.2) is 22.7 Å². The summed E-state index contributed by atoms with van der Waals surface area (Å²) in [6, 6.07) is 5.27. The van der Waals surface area contributed by atoms with Gasteiger partial charge < -0.3 is 10.1 Å². The molecule has 0 saturated heterocycles. The van der Waals surface area contributed by atoms with Crippen molar-refractivity contribution in [1.82, 2.24) is 4.98 Å². The Morgan fingerprint density at radius 1 is 1.33 bits per heavy atom. The first kappa shape index (κ1) is 7.95. The zero-order valence-electron chi connectivity index (χ0n) is 5.94. The summed E-state index contributed by atoms with van der Waals surface area (Å²) in [7, 11) is 0. The molecule has 0 spiro atoms. The molecular formula is C8H5BrClNO. The fourth-order valence-electron chi connectivity index (χ4n) is 1.11. The maximum Gasteiger partial charge on any atom is 0.189 e. The SMILES string of the molecule is Oc1cc2cc(Br)c(Cl)cc2[nH]1. The topological polar surface area (TPSA) is 36.0 Å². The molecule has 62 valence electrons. The number of aromatic hydroxyl groups is 1. The lowest BCUT2D eigenvalue weighted by molar-refractivity contribution is 0.458. The molecule has 0 aliphatic heterocycles. The maximum atomic E-state index is 9.12. The highest BCUT2D eigenvalue weighted by Gasteiger charge is 2.02. The van der Waals surface area contributed by atoms with E-state index >= 15 is 0 Å². The van der Waals surface area contributed by atoms with Crippen molar-refractivity contribution in [2.45, 2.75) is 0 Å². The number of benzene rings is 1. The van der Waals surface area contributed by atoms with Gasteiger partial charge in [-0.1, -0.05) is 11.6 Å². The van der Waals surface area contributed by atoms with Crippen molar-refractivity contribution >= 4 is 38.4 Å². The molecule has 4 heteroatoms. The number of H-pyrrole nitrogens is 1. The van der Waals surface area contributed by atoms with E-state index < -0.39 is 0 Å². The van der Waals surface area contributed by atoms with E-state index in [-0.39, 0.29) is 5.88 Å². The van der Waals surface area contributed by atoms with Crippen LogP contribution in [-0.2, 0) is 0 Å². The van der Waals surface area contributed by atoms with Gasteiger partial charge in [0.1, 0.15) is 0 Å². The molecule has 0 atom stereocenters. The van der Waals surface area contributed by atoms with Gasteiger partial charge in [0.25, 0.3) is 0 Å². The Balaban J connectivity index is 2.83. The zero-order valence-corrected chi connectivity index (χ0v) is 8.28. The first-order chi connectivity index (χ1) is 5.66. The van der Waals surface area contributed by atoms with E-state index in [1.807, 2.05) is 6.07 Å². The first-order valence-electron chi connectivity index (χ1n) is 3.33. The molecule has 0 aliphatic rings. The minimum Gasteiger partial charge on any atom is -0.495 e. The number of fused-ring (bicyclic) bond motifs is 1. The van der Waals surface area contributed by atoms with Gasteiger partial charge in [-0.25, -0.2) is 0 Å². The van der Waals surface area contributed by atoms with Crippen LogP contribution >= 0.6 is 27.5 Å². The van der Waals surface area contributed by atoms with E-state index in [1.54, 1.807) is 12.1 Å². The van der Waals surface area contributed by atoms with Gasteiger partial charge in [0.05, 0.1) is 5.02 Å². The van der Waals surface area contributed by atoms with E-state index in [1.165, 1.54) is 0 Å². The quantitative estimate of drug-likeness (QED) is 0.735. The second-order valence-corrected chi connectivity index (χ2v) is 3.77. The van der Waals surface area contributed by atoms with Crippen molar-refractivity contribution in [3.63, 3.8) is 0 Å². The highest BCUT2D eigenvalue weighted by Crippen LogP contribution is 2.29. The van der Waals surface area contributed by atoms with Crippen LogP contribution in [0, 0.1) is 0 Å². The molecule has 1 aromatic carbocycles. The first-order valence-corrected chi connectivity index (χ1v) is 4.50. The highest BCUT2D eigenvalue weighted by molar-refractivity contribution is 9.10. The van der Waals surface area contributed by atoms with Crippen LogP contribution in [0.3, 0.4) is 0 Å². The summed E-state index contributed by atoms with van der Waals surface area (Å²) in [6.07, 6.45) is 0. The van der Waals surface area contributed by atoms with Gasteiger partial charge in [-0.15, -0.1) is 0 Å². The second-order valence-electron chi connectivity index (χ2n) is 2.51. The molecule has 2 rings (SSSR count). The number of hydrogen-bond donors (Lipinski definition) is 2. The van der Waals surface area contributed by atoms with Gasteiger partial charge in [-0.05, 0) is 28.1 Å². The summed E-state index contributed by atoms with van der Waals surface area (Å²) in [6.45, 7) is 0. The number of rotatable bonds is 0. The smallest absolute Gasteiger partial charge is 0.189 e. The molecule has 0 amide bonds. The van der Waals surface area contributed by atoms with Gasteiger partial charge in [-0.3, -0.25) is 0 Å². The van der Waals surface area contributed by atoms with Crippen LogP contribution in [0.4, 0.5) is 0 Å². The standard InChI is InChI=1S/C8H5BrClNO/c9-5-1-4-2-8(12)11-7(4)3-6(5)10/h1-3,11-12H. The lowest BCUT2D eigenvalue weighted by Gasteiger charge is -1.94. The van der Waals surface area contributed by atoms with Crippen LogP contribution < -0.4 is 0 Å². The summed E-state index contributed by atoms with van der Waals surface area (Å²) < 4.78 is 0.829. The number of halogens is 2. The van der Waals surface area contributed by atoms with Crippen LogP contribution in [0.1, 0.15) is 0 Å². The molecule has 0 unspecified atom stereocenters. The van der Waals surface area contributed by atoms with Crippen molar-refractivity contribution in [2.24, 2.45) is 0 Å². The van der Waals surface area contributed by atoms with Gasteiger partial charge in [-0.2, -0.15) is 0 Å². The molecule has 2 nitrogen and oxygen atoms in total. The molecule has 12 heavy (non-hydrogen) atoms. The summed E-state index contributed by atoms with van der Waals surface area (Å²) in [5, 5.41) is 10.7. The molecule has 0 fully saturated rings. The Kier molecular flexibility index (Phi) is 1.77. The second kappa shape index (κ2) is 2.68. The van der Waals surface area contributed by atoms with E-state index in [4.69, 9.17) is 16.7 Å². The average molecular weight is 246 g/mol. The Bertz CT molecular complexity index is 399. The summed E-state index contributed by atoms with van der Waals surface area (Å²) >= 11 is 9.15. The van der Waals surface area contributed by atoms with Crippen molar-refractivity contribution in [2.75, 3.05) is 0 Å². The van der Waals surface area contributed by atoms with Crippen LogP contribution in [0.25, 0.3) is 10.9 Å². The van der Waals surface area contributed by atoms with Gasteiger partial charge >= 0.3 is 0 Å². The highest BCUT2D eigenvalue weighted by atomic mass is 79.9. The van der Waals surface area contributed by atoms with Gasteiger partial charge in [0.15, 0.2) is 5.88 Å². The molecule has 2 N–H and O–H groups in total. The van der Waals surface area contributed by atoms with Crippen LogP contribution in [0.5, 0.6) is 5.88 Å². The van der Waals surface area contributed by atoms with E-state index in [0.29, 0.717) is 5.02 Å². The van der Waals surface area contributed by atoms with E-state index in [2.05, 4.69) is 20.9 Å². The largest absolute Gasteiger partial charge is 0.495 e. The lowest BCUT2D eigenvalue weighted by Crippen LogP contribution is -1.70. The van der Waals surface area contributed by atoms with E-state index in [9.17, 15) is 0 Å². The third-order valence-electron chi connectivity index (χ3n) is 1.65. The van der Waals surface area contributed by atoms with Gasteiger partial charge in [0.2, 0.25) is 0 Å². The average Bonchev–Trinajstić information content (AvgIpc) is 2.30. The summed E-state index contributed by atoms with van der Waals surface area (Å²) in [5.41, 5.74) is 0.834. The Hall–Kier alpha value is -0.670. The van der Waals surface area contributed by atoms with E-state index in [0.717, 1.165) is 15.4 Å². The summed E-state index contributed by atoms with van der Waals surface area (Å²) in [5.74, 6) is 0.152. The normalized spacial score (nSPS) is 10.8. The fourth-order valence-corrected chi connectivity index (χ4v) is 1.64. The molecular weight excluding hydrogens is 241 g/mol. The third-order valence-corrected chi connectivity index (χ3v) is 2.84. The van der Waals surface area contributed by atoms with Crippen molar-refractivity contribution in [3.8, 4) is 5.88 Å². The maximum absolute atomic E-state index is 9.12. The number of hydrogen-bond acceptors (Lipinski definition) is 1. The molecule has 1 aromatic heterocycles. The molecule has 0 aliphatic carbocycles. The Morgan fingerprint density at radius 2 is 2.08 bits per heavy atom. The lowest BCUT2D eigenvalue weighted by atomic mass is 10.2. The number of nitrogens with one attached hydrogen (secondary N) is 1. The molecule has 0 radical (unpaired) electrons. The fraction of sp³-hybridized carbons (Fsp3) is 0. The third kappa shape index (κ3) is 1.19. The number of aromatic nitrogens is 1. The number of aromatic amines is 1. The molecule has 0 saturated carbocycles. The predicted molar refractivity (Wildman–Crippen MR) is 52.7 cm³/mol. The Morgan fingerprint density at radius 3 is 2.83 bits per heavy atom. The van der Waals surface area contributed by atoms with Crippen LogP contribution in [0.2, 0.25) is 5.02 Å². The minimum absolute atomic E-state index is 0.152. The minimum atomic E-state index is 0.152. The van der Waals surface area contributed by atoms with Crippen molar-refractivity contribution < 1.29 is 5.11 Å². The monoisotopic (exact) mass is 245 g/mol. The van der Waals surface area contributed by atoms with Gasteiger partial charge in [0, 0.05) is 21.4 Å².